The minimum absolute atomic E-state index is 0.228. The Morgan fingerprint density at radius 3 is 2.53 bits per heavy atom. The summed E-state index contributed by atoms with van der Waals surface area (Å²) >= 11 is 1.78. The van der Waals surface area contributed by atoms with Crippen LogP contribution in [-0.2, 0) is 10.3 Å². The van der Waals surface area contributed by atoms with Crippen molar-refractivity contribution >= 4 is 27.8 Å². The van der Waals surface area contributed by atoms with Crippen LogP contribution in [0.25, 0.3) is 10.8 Å². The first-order valence-corrected chi connectivity index (χ1v) is 7.42. The summed E-state index contributed by atoms with van der Waals surface area (Å²) in [4.78, 5) is 0. The average molecular weight is 272 g/mol. The number of benzene rings is 2. The van der Waals surface area contributed by atoms with E-state index in [-0.39, 0.29) is 5.60 Å². The SMILES string of the molecule is C[N+](C)=C1OC(C)(c2ccc3ccccc3c2)CS1. The van der Waals surface area contributed by atoms with Crippen LogP contribution < -0.4 is 0 Å². The third-order valence-electron chi connectivity index (χ3n) is 3.51. The normalized spacial score (nSPS) is 22.6. The maximum atomic E-state index is 6.15. The van der Waals surface area contributed by atoms with Gasteiger partial charge in [0.25, 0.3) is 0 Å². The van der Waals surface area contributed by atoms with Gasteiger partial charge in [-0.2, -0.15) is 4.58 Å². The van der Waals surface area contributed by atoms with Gasteiger partial charge in [-0.05, 0) is 41.1 Å². The Kier molecular flexibility index (Phi) is 3.02. The Balaban J connectivity index is 2.03. The molecule has 19 heavy (non-hydrogen) atoms. The highest BCUT2D eigenvalue weighted by Crippen LogP contribution is 2.38. The molecule has 2 aromatic rings. The summed E-state index contributed by atoms with van der Waals surface area (Å²) in [5.74, 6) is 0.957. The predicted molar refractivity (Wildman–Crippen MR) is 82.0 cm³/mol. The quantitative estimate of drug-likeness (QED) is 0.737. The molecule has 1 aliphatic heterocycles. The minimum atomic E-state index is -0.228. The molecule has 2 aromatic carbocycles. The molecule has 0 radical (unpaired) electrons. The van der Waals surface area contributed by atoms with Gasteiger partial charge in [-0.3, -0.25) is 0 Å². The molecule has 3 rings (SSSR count). The van der Waals surface area contributed by atoms with Gasteiger partial charge in [0, 0.05) is 0 Å². The number of ether oxygens (including phenoxy) is 1. The number of rotatable bonds is 1. The molecule has 0 spiro atoms. The maximum absolute atomic E-state index is 6.15. The number of hydrogen-bond acceptors (Lipinski definition) is 2. The summed E-state index contributed by atoms with van der Waals surface area (Å²) in [6.07, 6.45) is 0. The van der Waals surface area contributed by atoms with Gasteiger partial charge >= 0.3 is 5.23 Å². The number of hydrogen-bond donors (Lipinski definition) is 0. The van der Waals surface area contributed by atoms with Gasteiger partial charge in [0.15, 0.2) is 0 Å². The standard InChI is InChI=1S/C16H18NOS/c1-16(11-19-15(18-16)17(2)3)14-9-8-12-6-4-5-7-13(12)10-14/h4-10H,11H2,1-3H3/q+1. The predicted octanol–water partition coefficient (Wildman–Crippen LogP) is 3.45. The third-order valence-corrected chi connectivity index (χ3v) is 4.90. The summed E-state index contributed by atoms with van der Waals surface area (Å²) in [6, 6.07) is 15.1. The molecule has 2 nitrogen and oxygen atoms in total. The van der Waals surface area contributed by atoms with Gasteiger partial charge in [0.2, 0.25) is 0 Å². The van der Waals surface area contributed by atoms with Crippen molar-refractivity contribution in [3.8, 4) is 0 Å². The molecule has 0 saturated carbocycles. The molecule has 1 heterocycles. The fraction of sp³-hybridized carbons (Fsp3) is 0.312. The van der Waals surface area contributed by atoms with Gasteiger partial charge in [0.1, 0.15) is 19.7 Å². The minimum Gasteiger partial charge on any atom is -0.427 e. The van der Waals surface area contributed by atoms with Gasteiger partial charge in [-0.15, -0.1) is 0 Å². The lowest BCUT2D eigenvalue weighted by molar-refractivity contribution is -0.471. The Labute approximate surface area is 118 Å². The van der Waals surface area contributed by atoms with Gasteiger partial charge in [0.05, 0.1) is 5.75 Å². The summed E-state index contributed by atoms with van der Waals surface area (Å²) < 4.78 is 8.19. The zero-order valence-corrected chi connectivity index (χ0v) is 12.3. The van der Waals surface area contributed by atoms with Crippen LogP contribution in [0.15, 0.2) is 42.5 Å². The van der Waals surface area contributed by atoms with Crippen molar-refractivity contribution in [1.82, 2.24) is 0 Å². The molecule has 0 aromatic heterocycles. The second kappa shape index (κ2) is 4.57. The van der Waals surface area contributed by atoms with Gasteiger partial charge in [-0.25, -0.2) is 0 Å². The zero-order valence-electron chi connectivity index (χ0n) is 11.5. The van der Waals surface area contributed by atoms with Crippen molar-refractivity contribution in [2.24, 2.45) is 0 Å². The van der Waals surface area contributed by atoms with E-state index in [1.165, 1.54) is 16.3 Å². The van der Waals surface area contributed by atoms with Crippen LogP contribution in [0.2, 0.25) is 0 Å². The highest BCUT2D eigenvalue weighted by molar-refractivity contribution is 8.13. The van der Waals surface area contributed by atoms with Crippen molar-refractivity contribution in [2.75, 3.05) is 19.8 Å². The first-order valence-electron chi connectivity index (χ1n) is 6.44. The summed E-state index contributed by atoms with van der Waals surface area (Å²) in [5.41, 5.74) is 1.02. The molecule has 3 heteroatoms. The maximum Gasteiger partial charge on any atom is 0.401 e. The Morgan fingerprint density at radius 2 is 1.84 bits per heavy atom. The van der Waals surface area contributed by atoms with Crippen molar-refractivity contribution in [3.63, 3.8) is 0 Å². The lowest BCUT2D eigenvalue weighted by atomic mass is 9.95. The van der Waals surface area contributed by atoms with Gasteiger partial charge < -0.3 is 4.74 Å². The summed E-state index contributed by atoms with van der Waals surface area (Å²) in [5, 5.41) is 3.54. The third kappa shape index (κ3) is 2.23. The Morgan fingerprint density at radius 1 is 1.11 bits per heavy atom. The molecule has 98 valence electrons. The molecule has 1 unspecified atom stereocenters. The van der Waals surface area contributed by atoms with E-state index in [0.717, 1.165) is 11.0 Å². The number of fused-ring (bicyclic) bond motifs is 1. The monoisotopic (exact) mass is 272 g/mol. The molecule has 0 amide bonds. The van der Waals surface area contributed by atoms with Crippen LogP contribution in [0.4, 0.5) is 0 Å². The Bertz CT molecular complexity index is 661. The lowest BCUT2D eigenvalue weighted by Crippen LogP contribution is -2.25. The van der Waals surface area contributed by atoms with E-state index in [9.17, 15) is 0 Å². The smallest absolute Gasteiger partial charge is 0.401 e. The van der Waals surface area contributed by atoms with E-state index in [2.05, 4.69) is 49.4 Å². The second-order valence-corrected chi connectivity index (χ2v) is 6.27. The van der Waals surface area contributed by atoms with Crippen LogP contribution in [0.3, 0.4) is 0 Å². The first-order chi connectivity index (χ1) is 9.08. The molecule has 1 atom stereocenters. The van der Waals surface area contributed by atoms with Crippen molar-refractivity contribution < 1.29 is 9.31 Å². The van der Waals surface area contributed by atoms with Crippen LogP contribution in [0.1, 0.15) is 12.5 Å². The van der Waals surface area contributed by atoms with Crippen LogP contribution >= 0.6 is 11.8 Å². The van der Waals surface area contributed by atoms with E-state index in [1.807, 2.05) is 18.7 Å². The Hall–Kier alpha value is -1.48. The van der Waals surface area contributed by atoms with Gasteiger partial charge in [-0.1, -0.05) is 36.4 Å². The molecule has 1 saturated heterocycles. The molecular weight excluding hydrogens is 254 g/mol. The van der Waals surface area contributed by atoms with Crippen molar-refractivity contribution in [2.45, 2.75) is 12.5 Å². The van der Waals surface area contributed by atoms with Crippen LogP contribution in [0, 0.1) is 0 Å². The van der Waals surface area contributed by atoms with E-state index in [4.69, 9.17) is 4.74 Å². The molecule has 1 aliphatic rings. The summed E-state index contributed by atoms with van der Waals surface area (Å²) in [7, 11) is 4.04. The van der Waals surface area contributed by atoms with E-state index >= 15 is 0 Å². The molecule has 0 bridgehead atoms. The highest BCUT2D eigenvalue weighted by atomic mass is 32.2. The summed E-state index contributed by atoms with van der Waals surface area (Å²) in [6.45, 7) is 2.17. The van der Waals surface area contributed by atoms with E-state index < -0.39 is 0 Å². The first kappa shape index (κ1) is 12.5. The van der Waals surface area contributed by atoms with E-state index in [0.29, 0.717) is 0 Å². The zero-order chi connectivity index (χ0) is 13.5. The molecule has 0 N–H and O–H groups in total. The average Bonchev–Trinajstić information content (AvgIpc) is 2.82. The number of nitrogens with zero attached hydrogens (tertiary/aromatic N) is 1. The van der Waals surface area contributed by atoms with Crippen LogP contribution in [0.5, 0.6) is 0 Å². The second-order valence-electron chi connectivity index (χ2n) is 5.34. The fourth-order valence-electron chi connectivity index (χ4n) is 2.33. The molecule has 1 fully saturated rings. The topological polar surface area (TPSA) is 12.2 Å². The molecular formula is C16H18NOS+. The molecule has 0 aliphatic carbocycles. The fourth-order valence-corrected chi connectivity index (χ4v) is 3.46. The highest BCUT2D eigenvalue weighted by Gasteiger charge is 2.40. The largest absolute Gasteiger partial charge is 0.427 e. The van der Waals surface area contributed by atoms with E-state index in [1.54, 1.807) is 11.8 Å². The van der Waals surface area contributed by atoms with Crippen molar-refractivity contribution in [1.29, 1.82) is 0 Å². The van der Waals surface area contributed by atoms with Crippen molar-refractivity contribution in [3.05, 3.63) is 48.0 Å². The number of thioether (sulfide) groups is 1. The van der Waals surface area contributed by atoms with Crippen LogP contribution in [-0.4, -0.2) is 29.7 Å². The lowest BCUT2D eigenvalue weighted by Gasteiger charge is -2.22.